The third-order valence-corrected chi connectivity index (χ3v) is 4.24. The van der Waals surface area contributed by atoms with Crippen LogP contribution in [-0.4, -0.2) is 59.2 Å². The Balaban J connectivity index is 1.97. The van der Waals surface area contributed by atoms with E-state index in [4.69, 9.17) is 9.26 Å². The van der Waals surface area contributed by atoms with Gasteiger partial charge < -0.3 is 19.5 Å². The van der Waals surface area contributed by atoms with Crippen LogP contribution in [0.2, 0.25) is 0 Å². The van der Waals surface area contributed by atoms with Crippen molar-refractivity contribution in [2.45, 2.75) is 26.4 Å². The number of aromatic nitrogens is 2. The molecule has 2 aromatic heterocycles. The summed E-state index contributed by atoms with van der Waals surface area (Å²) >= 11 is 0. The molecule has 2 aromatic rings. The van der Waals surface area contributed by atoms with Crippen LogP contribution in [0.1, 0.15) is 28.7 Å². The van der Waals surface area contributed by atoms with E-state index in [1.54, 1.807) is 38.8 Å². The fourth-order valence-corrected chi connectivity index (χ4v) is 3.00. The first-order valence-electron chi connectivity index (χ1n) is 7.75. The van der Waals surface area contributed by atoms with Crippen molar-refractivity contribution in [3.05, 3.63) is 23.0 Å². The summed E-state index contributed by atoms with van der Waals surface area (Å²) in [6.45, 7) is 6.14. The van der Waals surface area contributed by atoms with Crippen molar-refractivity contribution in [2.24, 2.45) is 0 Å². The van der Waals surface area contributed by atoms with E-state index in [-0.39, 0.29) is 18.4 Å². The third kappa shape index (κ3) is 2.62. The lowest BCUT2D eigenvalue weighted by molar-refractivity contribution is -0.153. The van der Waals surface area contributed by atoms with Crippen LogP contribution in [0.5, 0.6) is 0 Å². The van der Waals surface area contributed by atoms with Crippen LogP contribution in [0.3, 0.4) is 0 Å². The number of amides is 2. The van der Waals surface area contributed by atoms with Gasteiger partial charge in [-0.25, -0.2) is 4.98 Å². The number of rotatable bonds is 2. The van der Waals surface area contributed by atoms with Gasteiger partial charge in [-0.2, -0.15) is 0 Å². The fourth-order valence-electron chi connectivity index (χ4n) is 3.00. The Bertz CT molecular complexity index is 816. The smallest absolute Gasteiger partial charge is 0.258 e. The molecule has 1 saturated heterocycles. The van der Waals surface area contributed by atoms with Gasteiger partial charge in [-0.1, -0.05) is 5.16 Å². The molecule has 8 heteroatoms. The van der Waals surface area contributed by atoms with E-state index in [1.807, 2.05) is 0 Å². The van der Waals surface area contributed by atoms with Gasteiger partial charge in [-0.05, 0) is 26.8 Å². The van der Waals surface area contributed by atoms with Crippen LogP contribution in [0.4, 0.5) is 0 Å². The minimum atomic E-state index is -1.06. The van der Waals surface area contributed by atoms with Gasteiger partial charge in [-0.15, -0.1) is 0 Å². The summed E-state index contributed by atoms with van der Waals surface area (Å²) in [6, 6.07) is 1.72. The molecule has 0 bridgehead atoms. The second-order valence-corrected chi connectivity index (χ2v) is 6.14. The van der Waals surface area contributed by atoms with Crippen molar-refractivity contribution in [3.8, 4) is 0 Å². The number of hydrogen-bond acceptors (Lipinski definition) is 6. The second kappa shape index (κ2) is 5.86. The highest BCUT2D eigenvalue weighted by molar-refractivity contribution is 6.06. The molecule has 1 N–H and O–H groups in total. The fraction of sp³-hybridized carbons (Fsp3) is 0.500. The van der Waals surface area contributed by atoms with Gasteiger partial charge >= 0.3 is 0 Å². The van der Waals surface area contributed by atoms with Crippen molar-refractivity contribution in [3.63, 3.8) is 0 Å². The first kappa shape index (κ1) is 16.4. The van der Waals surface area contributed by atoms with E-state index in [0.29, 0.717) is 41.2 Å². The van der Waals surface area contributed by atoms with Gasteiger partial charge in [0.1, 0.15) is 0 Å². The monoisotopic (exact) mass is 332 g/mol. The number of morpholine rings is 1. The lowest BCUT2D eigenvalue weighted by Gasteiger charge is -2.39. The number of nitrogens with zero attached hydrogens (tertiary/aromatic N) is 3. The second-order valence-electron chi connectivity index (χ2n) is 6.14. The Morgan fingerprint density at radius 2 is 2.12 bits per heavy atom. The highest BCUT2D eigenvalue weighted by Crippen LogP contribution is 2.25. The summed E-state index contributed by atoms with van der Waals surface area (Å²) in [5, 5.41) is 7.09. The molecule has 0 aromatic carbocycles. The number of nitrogens with one attached hydrogen (secondary N) is 1. The predicted octanol–water partition coefficient (Wildman–Crippen LogP) is 0.817. The van der Waals surface area contributed by atoms with Crippen molar-refractivity contribution in [1.29, 1.82) is 0 Å². The molecule has 2 amide bonds. The van der Waals surface area contributed by atoms with E-state index in [9.17, 15) is 9.59 Å². The number of carbonyl (C=O) groups is 2. The number of ether oxygens (including phenoxy) is 1. The van der Waals surface area contributed by atoms with Crippen molar-refractivity contribution < 1.29 is 18.8 Å². The number of fused-ring (bicyclic) bond motifs is 1. The zero-order valence-corrected chi connectivity index (χ0v) is 14.2. The predicted molar refractivity (Wildman–Crippen MR) is 85.6 cm³/mol. The Kier molecular flexibility index (Phi) is 4.00. The number of likely N-dealkylation sites (N-methyl/N-ethyl adjacent to an activating group) is 1. The molecule has 0 radical (unpaired) electrons. The van der Waals surface area contributed by atoms with Crippen LogP contribution < -0.4 is 5.32 Å². The van der Waals surface area contributed by atoms with E-state index < -0.39 is 5.60 Å². The molecule has 0 spiro atoms. The van der Waals surface area contributed by atoms with E-state index >= 15 is 0 Å². The van der Waals surface area contributed by atoms with Gasteiger partial charge in [-0.3, -0.25) is 9.59 Å². The zero-order chi connectivity index (χ0) is 17.5. The molecule has 0 unspecified atom stereocenters. The minimum Gasteiger partial charge on any atom is -0.362 e. The van der Waals surface area contributed by atoms with Gasteiger partial charge in [0.25, 0.3) is 17.5 Å². The average Bonchev–Trinajstić information content (AvgIpc) is 2.93. The third-order valence-electron chi connectivity index (χ3n) is 4.24. The lowest BCUT2D eigenvalue weighted by atomic mass is 10.0. The summed E-state index contributed by atoms with van der Waals surface area (Å²) < 4.78 is 10.8. The molecule has 8 nitrogen and oxygen atoms in total. The van der Waals surface area contributed by atoms with E-state index in [2.05, 4.69) is 15.5 Å². The maximum atomic E-state index is 13.1. The maximum Gasteiger partial charge on any atom is 0.258 e. The number of carbonyl (C=O) groups excluding carboxylic acids is 2. The Morgan fingerprint density at radius 3 is 2.83 bits per heavy atom. The zero-order valence-electron chi connectivity index (χ0n) is 14.2. The first-order chi connectivity index (χ1) is 11.4. The highest BCUT2D eigenvalue weighted by atomic mass is 16.5. The van der Waals surface area contributed by atoms with Crippen LogP contribution in [0.15, 0.2) is 10.6 Å². The SMILES string of the molecule is CNC(=O)[C@@]1(C)CN(C(=O)c2cc(C)nc3onc(C)c23)CCO1. The number of aryl methyl sites for hydroxylation is 2. The molecule has 24 heavy (non-hydrogen) atoms. The lowest BCUT2D eigenvalue weighted by Crippen LogP contribution is -2.58. The maximum absolute atomic E-state index is 13.1. The number of hydrogen-bond donors (Lipinski definition) is 1. The molecule has 1 aliphatic rings. The number of pyridine rings is 1. The van der Waals surface area contributed by atoms with Crippen LogP contribution in [0.25, 0.3) is 11.1 Å². The first-order valence-corrected chi connectivity index (χ1v) is 7.75. The molecular formula is C16H20N4O4. The molecule has 1 atom stereocenters. The summed E-state index contributed by atoms with van der Waals surface area (Å²) in [4.78, 5) is 31.0. The quantitative estimate of drug-likeness (QED) is 0.874. The summed E-state index contributed by atoms with van der Waals surface area (Å²) in [7, 11) is 1.55. The largest absolute Gasteiger partial charge is 0.362 e. The molecule has 0 saturated carbocycles. The molecule has 1 aliphatic heterocycles. The van der Waals surface area contributed by atoms with Crippen molar-refractivity contribution in [1.82, 2.24) is 20.4 Å². The van der Waals surface area contributed by atoms with Crippen LogP contribution in [0, 0.1) is 13.8 Å². The Labute approximate surface area is 139 Å². The average molecular weight is 332 g/mol. The van der Waals surface area contributed by atoms with Crippen molar-refractivity contribution >= 4 is 22.9 Å². The summed E-state index contributed by atoms with van der Waals surface area (Å²) in [5.41, 5.74) is 1.05. The van der Waals surface area contributed by atoms with Gasteiger partial charge in [0.2, 0.25) is 0 Å². The molecule has 1 fully saturated rings. The normalized spacial score (nSPS) is 21.1. The Morgan fingerprint density at radius 1 is 1.38 bits per heavy atom. The molecular weight excluding hydrogens is 312 g/mol. The van der Waals surface area contributed by atoms with Gasteiger partial charge in [0, 0.05) is 19.3 Å². The van der Waals surface area contributed by atoms with E-state index in [1.165, 1.54) is 0 Å². The molecule has 128 valence electrons. The van der Waals surface area contributed by atoms with Crippen LogP contribution in [-0.2, 0) is 9.53 Å². The van der Waals surface area contributed by atoms with Crippen LogP contribution >= 0.6 is 0 Å². The van der Waals surface area contributed by atoms with Gasteiger partial charge in [0.15, 0.2) is 5.60 Å². The molecule has 0 aliphatic carbocycles. The topological polar surface area (TPSA) is 97.6 Å². The van der Waals surface area contributed by atoms with Gasteiger partial charge in [0.05, 0.1) is 29.8 Å². The summed E-state index contributed by atoms with van der Waals surface area (Å²) in [5.74, 6) is -0.438. The molecule has 3 rings (SSSR count). The minimum absolute atomic E-state index is 0.179. The van der Waals surface area contributed by atoms with E-state index in [0.717, 1.165) is 0 Å². The highest BCUT2D eigenvalue weighted by Gasteiger charge is 2.40. The molecule has 3 heterocycles. The standard InChI is InChI=1S/C16H20N4O4/c1-9-7-11(12-10(2)19-24-13(12)18-9)14(21)20-5-6-23-16(3,8-20)15(22)17-4/h7H,5-6,8H2,1-4H3,(H,17,22)/t16-/m1/s1. The Hall–Kier alpha value is -2.48. The summed E-state index contributed by atoms with van der Waals surface area (Å²) in [6.07, 6.45) is 0. The van der Waals surface area contributed by atoms with Crippen molar-refractivity contribution in [2.75, 3.05) is 26.7 Å².